The average Bonchev–Trinajstić information content (AvgIpc) is 2.61. The van der Waals surface area contributed by atoms with Gasteiger partial charge in [0, 0.05) is 36.2 Å². The van der Waals surface area contributed by atoms with Gasteiger partial charge in [0.05, 0.1) is 0 Å². The SMILES string of the molecule is CC(N)C1CCN(C(=O)CCSc2ccc3c(c2)OCCO3)CC1. The molecule has 1 saturated heterocycles. The third kappa shape index (κ3) is 4.36. The fraction of sp³-hybridized carbons (Fsp3) is 0.611. The summed E-state index contributed by atoms with van der Waals surface area (Å²) in [6.07, 6.45) is 2.62. The highest BCUT2D eigenvalue weighted by Gasteiger charge is 2.24. The first-order chi connectivity index (χ1) is 11.6. The van der Waals surface area contributed by atoms with Gasteiger partial charge in [0.1, 0.15) is 13.2 Å². The van der Waals surface area contributed by atoms with Crippen molar-refractivity contribution in [2.24, 2.45) is 11.7 Å². The van der Waals surface area contributed by atoms with Crippen molar-refractivity contribution >= 4 is 17.7 Å². The second kappa shape index (κ2) is 8.12. The predicted octanol–water partition coefficient (Wildman–Crippen LogP) is 2.53. The van der Waals surface area contributed by atoms with Crippen LogP contribution in [0.4, 0.5) is 0 Å². The number of thioether (sulfide) groups is 1. The van der Waals surface area contributed by atoms with E-state index in [2.05, 4.69) is 6.92 Å². The number of rotatable bonds is 5. The van der Waals surface area contributed by atoms with Crippen molar-refractivity contribution in [2.75, 3.05) is 32.1 Å². The Balaban J connectivity index is 1.42. The van der Waals surface area contributed by atoms with Crippen molar-refractivity contribution in [3.8, 4) is 11.5 Å². The lowest BCUT2D eigenvalue weighted by Crippen LogP contribution is -2.42. The van der Waals surface area contributed by atoms with Crippen molar-refractivity contribution in [3.63, 3.8) is 0 Å². The minimum absolute atomic E-state index is 0.230. The Morgan fingerprint density at radius 2 is 2.00 bits per heavy atom. The van der Waals surface area contributed by atoms with Gasteiger partial charge in [-0.25, -0.2) is 0 Å². The number of ether oxygens (including phenoxy) is 2. The van der Waals surface area contributed by atoms with Gasteiger partial charge < -0.3 is 20.1 Å². The highest BCUT2D eigenvalue weighted by molar-refractivity contribution is 7.99. The first kappa shape index (κ1) is 17.4. The summed E-state index contributed by atoms with van der Waals surface area (Å²) in [5.74, 6) is 3.20. The minimum Gasteiger partial charge on any atom is -0.486 e. The molecule has 3 rings (SSSR count). The molecule has 0 spiro atoms. The molecule has 6 heteroatoms. The summed E-state index contributed by atoms with van der Waals surface area (Å²) in [6, 6.07) is 6.19. The number of piperidine rings is 1. The monoisotopic (exact) mass is 350 g/mol. The van der Waals surface area contributed by atoms with E-state index >= 15 is 0 Å². The van der Waals surface area contributed by atoms with Crippen LogP contribution < -0.4 is 15.2 Å². The van der Waals surface area contributed by atoms with E-state index in [-0.39, 0.29) is 11.9 Å². The number of amides is 1. The normalized spacial score (nSPS) is 19.2. The van der Waals surface area contributed by atoms with Crippen LogP contribution in [0.15, 0.2) is 23.1 Å². The van der Waals surface area contributed by atoms with Crippen molar-refractivity contribution in [2.45, 2.75) is 37.1 Å². The lowest BCUT2D eigenvalue weighted by Gasteiger charge is -2.33. The molecule has 1 atom stereocenters. The Kier molecular flexibility index (Phi) is 5.89. The first-order valence-corrected chi connectivity index (χ1v) is 9.68. The number of nitrogens with two attached hydrogens (primary N) is 1. The summed E-state index contributed by atoms with van der Waals surface area (Å²) in [5, 5.41) is 0. The summed E-state index contributed by atoms with van der Waals surface area (Å²) in [5.41, 5.74) is 5.96. The molecule has 2 N–H and O–H groups in total. The van der Waals surface area contributed by atoms with Gasteiger partial charge in [-0.3, -0.25) is 4.79 Å². The van der Waals surface area contributed by atoms with Crippen LogP contribution in [-0.2, 0) is 4.79 Å². The van der Waals surface area contributed by atoms with Crippen LogP contribution in [0.2, 0.25) is 0 Å². The van der Waals surface area contributed by atoms with Crippen LogP contribution in [0.1, 0.15) is 26.2 Å². The van der Waals surface area contributed by atoms with Crippen LogP contribution in [-0.4, -0.2) is 48.9 Å². The Bertz CT molecular complexity index is 571. The van der Waals surface area contributed by atoms with Gasteiger partial charge >= 0.3 is 0 Å². The van der Waals surface area contributed by atoms with Crippen LogP contribution in [0, 0.1) is 5.92 Å². The molecule has 0 aliphatic carbocycles. The number of likely N-dealkylation sites (tertiary alicyclic amines) is 1. The fourth-order valence-electron chi connectivity index (χ4n) is 3.20. The van der Waals surface area contributed by atoms with E-state index < -0.39 is 0 Å². The molecule has 0 radical (unpaired) electrons. The fourth-order valence-corrected chi connectivity index (χ4v) is 4.07. The van der Waals surface area contributed by atoms with E-state index in [1.165, 1.54) is 0 Å². The van der Waals surface area contributed by atoms with E-state index in [0.29, 0.717) is 25.6 Å². The van der Waals surface area contributed by atoms with Gasteiger partial charge in [-0.1, -0.05) is 0 Å². The number of nitrogens with zero attached hydrogens (tertiary/aromatic N) is 1. The van der Waals surface area contributed by atoms with Crippen molar-refractivity contribution in [3.05, 3.63) is 18.2 Å². The van der Waals surface area contributed by atoms with E-state index in [9.17, 15) is 4.79 Å². The third-order valence-electron chi connectivity index (χ3n) is 4.73. The van der Waals surface area contributed by atoms with Crippen LogP contribution in [0.5, 0.6) is 11.5 Å². The predicted molar refractivity (Wildman–Crippen MR) is 95.7 cm³/mol. The summed E-state index contributed by atoms with van der Waals surface area (Å²) >= 11 is 1.69. The number of benzene rings is 1. The van der Waals surface area contributed by atoms with E-state index in [1.54, 1.807) is 11.8 Å². The molecule has 2 aliphatic rings. The molecule has 1 unspecified atom stereocenters. The topological polar surface area (TPSA) is 64.8 Å². The molecule has 0 aromatic heterocycles. The van der Waals surface area contributed by atoms with Crippen molar-refractivity contribution in [1.82, 2.24) is 4.90 Å². The maximum Gasteiger partial charge on any atom is 0.223 e. The van der Waals surface area contributed by atoms with Crippen molar-refractivity contribution < 1.29 is 14.3 Å². The summed E-state index contributed by atoms with van der Waals surface area (Å²) in [4.78, 5) is 15.4. The first-order valence-electron chi connectivity index (χ1n) is 8.69. The largest absolute Gasteiger partial charge is 0.486 e. The van der Waals surface area contributed by atoms with Crippen LogP contribution in [0.3, 0.4) is 0 Å². The molecule has 2 heterocycles. The molecule has 1 aromatic carbocycles. The molecule has 1 amide bonds. The molecule has 2 aliphatic heterocycles. The lowest BCUT2D eigenvalue weighted by atomic mass is 9.91. The van der Waals surface area contributed by atoms with Gasteiger partial charge in [0.15, 0.2) is 11.5 Å². The number of carbonyl (C=O) groups excluding carboxylic acids is 1. The van der Waals surface area contributed by atoms with E-state index in [4.69, 9.17) is 15.2 Å². The van der Waals surface area contributed by atoms with Gasteiger partial charge in [-0.2, -0.15) is 0 Å². The van der Waals surface area contributed by atoms with Gasteiger partial charge in [0.25, 0.3) is 0 Å². The van der Waals surface area contributed by atoms with Gasteiger partial charge in [-0.15, -0.1) is 11.8 Å². The maximum absolute atomic E-state index is 12.3. The Hall–Kier alpha value is -1.40. The summed E-state index contributed by atoms with van der Waals surface area (Å²) in [7, 11) is 0. The standard InChI is InChI=1S/C18H26N2O3S/c1-13(19)14-4-7-20(8-5-14)18(21)6-11-24-15-2-3-16-17(12-15)23-10-9-22-16/h2-3,12-14H,4-11,19H2,1H3. The molecular formula is C18H26N2O3S. The van der Waals surface area contributed by atoms with E-state index in [1.807, 2.05) is 23.1 Å². The number of fused-ring (bicyclic) bond motifs is 1. The zero-order valence-electron chi connectivity index (χ0n) is 14.2. The highest BCUT2D eigenvalue weighted by atomic mass is 32.2. The number of hydrogen-bond donors (Lipinski definition) is 1. The molecule has 132 valence electrons. The Morgan fingerprint density at radius 3 is 2.71 bits per heavy atom. The smallest absolute Gasteiger partial charge is 0.223 e. The van der Waals surface area contributed by atoms with Crippen LogP contribution in [0.25, 0.3) is 0 Å². The van der Waals surface area contributed by atoms with Gasteiger partial charge in [0.2, 0.25) is 5.91 Å². The summed E-state index contributed by atoms with van der Waals surface area (Å²) in [6.45, 7) is 4.95. The average molecular weight is 350 g/mol. The quantitative estimate of drug-likeness (QED) is 0.827. The van der Waals surface area contributed by atoms with Crippen molar-refractivity contribution in [1.29, 1.82) is 0 Å². The van der Waals surface area contributed by atoms with E-state index in [0.717, 1.165) is 48.1 Å². The molecule has 24 heavy (non-hydrogen) atoms. The second-order valence-corrected chi connectivity index (χ2v) is 7.65. The zero-order valence-corrected chi connectivity index (χ0v) is 15.0. The highest BCUT2D eigenvalue weighted by Crippen LogP contribution is 2.34. The molecule has 1 fully saturated rings. The molecule has 0 saturated carbocycles. The number of carbonyl (C=O) groups is 1. The molecule has 1 aromatic rings. The maximum atomic E-state index is 12.3. The molecular weight excluding hydrogens is 324 g/mol. The van der Waals surface area contributed by atoms with Crippen LogP contribution >= 0.6 is 11.8 Å². The second-order valence-electron chi connectivity index (χ2n) is 6.48. The third-order valence-corrected chi connectivity index (χ3v) is 5.73. The Labute approximate surface area is 147 Å². The Morgan fingerprint density at radius 1 is 1.29 bits per heavy atom. The molecule has 0 bridgehead atoms. The lowest BCUT2D eigenvalue weighted by molar-refractivity contribution is -0.132. The number of hydrogen-bond acceptors (Lipinski definition) is 5. The minimum atomic E-state index is 0.230. The van der Waals surface area contributed by atoms with Gasteiger partial charge in [-0.05, 0) is 43.9 Å². The zero-order chi connectivity index (χ0) is 16.9. The molecule has 5 nitrogen and oxygen atoms in total. The summed E-state index contributed by atoms with van der Waals surface area (Å²) < 4.78 is 11.1.